The van der Waals surface area contributed by atoms with E-state index in [1.807, 2.05) is 0 Å². The molecular weight excluding hydrogens is 694 g/mol. The van der Waals surface area contributed by atoms with E-state index in [1.165, 1.54) is 79.7 Å². The van der Waals surface area contributed by atoms with Crippen molar-refractivity contribution in [2.24, 2.45) is 0 Å². The van der Waals surface area contributed by atoms with Crippen LogP contribution in [0.15, 0.2) is 96.3 Å². The van der Waals surface area contributed by atoms with Gasteiger partial charge >= 0.3 is 5.97 Å². The summed E-state index contributed by atoms with van der Waals surface area (Å²) in [6, 6.07) is 14.1. The van der Waals surface area contributed by atoms with Gasteiger partial charge in [0.1, 0.15) is 35.0 Å². The minimum atomic E-state index is -1.36. The Kier molecular flexibility index (Phi) is 16.5. The first-order valence-corrected chi connectivity index (χ1v) is 17.6. The van der Waals surface area contributed by atoms with Crippen LogP contribution < -0.4 is 26.6 Å². The lowest BCUT2D eigenvalue weighted by atomic mass is 10.0. The first kappa shape index (κ1) is 42.0. The first-order valence-electron chi connectivity index (χ1n) is 17.6. The van der Waals surface area contributed by atoms with Crippen molar-refractivity contribution in [1.29, 1.82) is 0 Å². The Morgan fingerprint density at radius 2 is 1.24 bits per heavy atom. The highest BCUT2D eigenvalue weighted by Gasteiger charge is 2.30. The highest BCUT2D eigenvalue weighted by atomic mass is 16.4. The summed E-state index contributed by atoms with van der Waals surface area (Å²) < 4.78 is 0. The maximum atomic E-state index is 14.0. The number of benzene rings is 3. The van der Waals surface area contributed by atoms with Crippen molar-refractivity contribution in [1.82, 2.24) is 21.3 Å². The molecule has 3 rings (SSSR count). The predicted molar refractivity (Wildman–Crippen MR) is 202 cm³/mol. The normalized spacial score (nSPS) is 12.5. The Labute approximate surface area is 313 Å². The summed E-state index contributed by atoms with van der Waals surface area (Å²) in [5, 5.41) is 41.9. The van der Waals surface area contributed by atoms with Crippen molar-refractivity contribution in [3.8, 4) is 11.5 Å². The number of phenols is 2. The summed E-state index contributed by atoms with van der Waals surface area (Å²) in [5.74, 6) is -4.70. The molecule has 0 aliphatic carbocycles. The van der Waals surface area contributed by atoms with Crippen LogP contribution in [0.3, 0.4) is 0 Å². The Morgan fingerprint density at radius 3 is 1.81 bits per heavy atom. The fourth-order valence-corrected chi connectivity index (χ4v) is 5.24. The molecule has 2 unspecified atom stereocenters. The molecule has 2 atom stereocenters. The number of allylic oxidation sites excluding steroid dienone is 2. The third-order valence-corrected chi connectivity index (χ3v) is 8.27. The second kappa shape index (κ2) is 21.2. The van der Waals surface area contributed by atoms with Crippen molar-refractivity contribution in [3.05, 3.63) is 113 Å². The molecule has 0 saturated heterocycles. The summed E-state index contributed by atoms with van der Waals surface area (Å²) in [7, 11) is 0. The molecule has 0 saturated carbocycles. The number of carboxylic acid groups (broad SMARTS) is 1. The zero-order valence-electron chi connectivity index (χ0n) is 30.5. The fraction of sp³-hybridized carbons (Fsp3) is 0.300. The molecule has 0 spiro atoms. The van der Waals surface area contributed by atoms with Crippen LogP contribution in [0.4, 0.5) is 5.69 Å². The fourth-order valence-electron chi connectivity index (χ4n) is 5.24. The van der Waals surface area contributed by atoms with Crippen LogP contribution in [0.25, 0.3) is 0 Å². The molecule has 3 aromatic rings. The highest BCUT2D eigenvalue weighted by Crippen LogP contribution is 2.21. The van der Waals surface area contributed by atoms with Gasteiger partial charge in [-0.15, -0.1) is 0 Å². The molecule has 0 heterocycles. The van der Waals surface area contributed by atoms with E-state index in [-0.39, 0.29) is 58.5 Å². The molecule has 0 aliphatic heterocycles. The summed E-state index contributed by atoms with van der Waals surface area (Å²) in [5.41, 5.74) is 0.791. The van der Waals surface area contributed by atoms with Crippen molar-refractivity contribution < 1.29 is 44.1 Å². The van der Waals surface area contributed by atoms with Crippen LogP contribution in [0, 0.1) is 0 Å². The van der Waals surface area contributed by atoms with Gasteiger partial charge in [-0.3, -0.25) is 24.0 Å². The van der Waals surface area contributed by atoms with Gasteiger partial charge in [-0.25, -0.2) is 4.79 Å². The summed E-state index contributed by atoms with van der Waals surface area (Å²) in [6.07, 6.45) is 7.61. The van der Waals surface area contributed by atoms with Gasteiger partial charge in [-0.1, -0.05) is 69.0 Å². The average molecular weight is 742 g/mol. The molecular formula is C40H47N5O9. The van der Waals surface area contributed by atoms with Crippen LogP contribution in [0.1, 0.15) is 86.8 Å². The highest BCUT2D eigenvalue weighted by molar-refractivity contribution is 6.05. The Morgan fingerprint density at radius 1 is 0.667 bits per heavy atom. The molecule has 0 aromatic heterocycles. The largest absolute Gasteiger partial charge is 0.508 e. The number of nitrogens with one attached hydrogen (secondary N) is 5. The Bertz CT molecular complexity index is 1840. The van der Waals surface area contributed by atoms with Gasteiger partial charge in [-0.05, 0) is 79.9 Å². The number of hydrogen-bond donors (Lipinski definition) is 8. The summed E-state index contributed by atoms with van der Waals surface area (Å²) in [4.78, 5) is 78.1. The standard InChI is InChI=1S/C40H47N5O9/c1-4-7-8-9-10-11-34(48)42-31(5-2)36(49)43-32(6-3)37(50)44-33(24-25-12-20-29(46)21-13-25)38(51)45-35(26-16-22-30(47)23-17-26)39(52)41-28-18-14-27(15-19-28)40(53)54/h5-6,12-23,33,35,46-47H,4,7-11,24H2,1-3H3,(H,41,52)(H,42,48)(H,43,49)(H,44,50)(H,45,51)(H,53,54). The van der Waals surface area contributed by atoms with Gasteiger partial charge in [0.05, 0.1) is 5.56 Å². The van der Waals surface area contributed by atoms with E-state index in [0.717, 1.165) is 25.7 Å². The second-order valence-electron chi connectivity index (χ2n) is 12.4. The van der Waals surface area contributed by atoms with E-state index < -0.39 is 41.7 Å². The van der Waals surface area contributed by atoms with Crippen LogP contribution in [-0.4, -0.2) is 56.9 Å². The topological polar surface area (TPSA) is 223 Å². The van der Waals surface area contributed by atoms with Gasteiger partial charge < -0.3 is 41.9 Å². The monoisotopic (exact) mass is 741 g/mol. The van der Waals surface area contributed by atoms with Crippen LogP contribution >= 0.6 is 0 Å². The van der Waals surface area contributed by atoms with Crippen molar-refractivity contribution in [3.63, 3.8) is 0 Å². The third kappa shape index (κ3) is 13.3. The second-order valence-corrected chi connectivity index (χ2v) is 12.4. The van der Waals surface area contributed by atoms with Gasteiger partial charge in [0.15, 0.2) is 0 Å². The van der Waals surface area contributed by atoms with E-state index in [0.29, 0.717) is 12.0 Å². The molecule has 54 heavy (non-hydrogen) atoms. The smallest absolute Gasteiger partial charge is 0.335 e. The third-order valence-electron chi connectivity index (χ3n) is 8.27. The molecule has 0 bridgehead atoms. The van der Waals surface area contributed by atoms with E-state index >= 15 is 0 Å². The van der Waals surface area contributed by atoms with E-state index in [1.54, 1.807) is 19.1 Å². The number of anilines is 1. The number of hydrogen-bond acceptors (Lipinski definition) is 8. The van der Waals surface area contributed by atoms with Crippen molar-refractivity contribution in [2.75, 3.05) is 5.32 Å². The van der Waals surface area contributed by atoms with Crippen molar-refractivity contribution in [2.45, 2.75) is 77.8 Å². The maximum absolute atomic E-state index is 14.0. The zero-order chi connectivity index (χ0) is 39.6. The number of unbranched alkanes of at least 4 members (excludes halogenated alkanes) is 4. The number of carboxylic acids is 1. The number of aromatic carboxylic acids is 1. The van der Waals surface area contributed by atoms with Gasteiger partial charge in [0, 0.05) is 18.5 Å². The quantitative estimate of drug-likeness (QED) is 0.0628. The number of carbonyl (C=O) groups is 6. The number of rotatable bonds is 19. The van der Waals surface area contributed by atoms with Gasteiger partial charge in [0.25, 0.3) is 17.7 Å². The molecule has 14 nitrogen and oxygen atoms in total. The van der Waals surface area contributed by atoms with Crippen LogP contribution in [-0.2, 0) is 30.4 Å². The number of aromatic hydroxyl groups is 2. The SMILES string of the molecule is CC=C(NC(=O)CCCCCCC)C(=O)NC(=CC)C(=O)NC(Cc1ccc(O)cc1)C(=O)NC(C(=O)Nc1ccc(C(=O)O)cc1)c1ccc(O)cc1. The summed E-state index contributed by atoms with van der Waals surface area (Å²) in [6.45, 7) is 5.16. The Balaban J connectivity index is 1.82. The van der Waals surface area contributed by atoms with Crippen LogP contribution in [0.5, 0.6) is 11.5 Å². The Hall–Kier alpha value is -6.44. The van der Waals surface area contributed by atoms with Crippen molar-refractivity contribution >= 4 is 41.2 Å². The molecule has 286 valence electrons. The summed E-state index contributed by atoms with van der Waals surface area (Å²) >= 11 is 0. The molecule has 14 heteroatoms. The average Bonchev–Trinajstić information content (AvgIpc) is 3.15. The predicted octanol–water partition coefficient (Wildman–Crippen LogP) is 4.72. The van der Waals surface area contributed by atoms with Gasteiger partial charge in [-0.2, -0.15) is 0 Å². The minimum absolute atomic E-state index is 0.000691. The molecule has 0 fully saturated rings. The zero-order valence-corrected chi connectivity index (χ0v) is 30.5. The molecule has 5 amide bonds. The number of carbonyl (C=O) groups excluding carboxylic acids is 5. The van der Waals surface area contributed by atoms with Gasteiger partial charge in [0.2, 0.25) is 11.8 Å². The lowest BCUT2D eigenvalue weighted by Gasteiger charge is -2.24. The molecule has 8 N–H and O–H groups in total. The number of phenolic OH excluding ortho intramolecular Hbond substituents is 2. The van der Waals surface area contributed by atoms with E-state index in [4.69, 9.17) is 0 Å². The number of amides is 5. The molecule has 3 aromatic carbocycles. The lowest BCUT2D eigenvalue weighted by Crippen LogP contribution is -2.52. The lowest BCUT2D eigenvalue weighted by molar-refractivity contribution is -0.130. The maximum Gasteiger partial charge on any atom is 0.335 e. The molecule has 0 aliphatic rings. The van der Waals surface area contributed by atoms with E-state index in [2.05, 4.69) is 33.5 Å². The molecule has 0 radical (unpaired) electrons. The first-order chi connectivity index (χ1) is 25.8. The van der Waals surface area contributed by atoms with E-state index in [9.17, 15) is 44.1 Å². The minimum Gasteiger partial charge on any atom is -0.508 e. The van der Waals surface area contributed by atoms with Crippen LogP contribution in [0.2, 0.25) is 0 Å².